The summed E-state index contributed by atoms with van der Waals surface area (Å²) in [5.74, 6) is -5.96. The van der Waals surface area contributed by atoms with Crippen molar-refractivity contribution in [1.29, 1.82) is 0 Å². The van der Waals surface area contributed by atoms with Crippen LogP contribution in [-0.2, 0) is 4.79 Å². The van der Waals surface area contributed by atoms with Gasteiger partial charge in [-0.2, -0.15) is 0 Å². The van der Waals surface area contributed by atoms with Gasteiger partial charge in [-0.05, 0) is 12.1 Å². The molecule has 1 rings (SSSR count). The van der Waals surface area contributed by atoms with Gasteiger partial charge in [-0.3, -0.25) is 4.79 Å². The molecule has 2 unspecified atom stereocenters. The van der Waals surface area contributed by atoms with E-state index in [1.54, 1.807) is 0 Å². The smallest absolute Gasteiger partial charge is 0.323 e. The number of aliphatic hydroxyl groups excluding tert-OH is 1. The number of rotatable bonds is 3. The number of aliphatic hydroxyl groups is 1. The van der Waals surface area contributed by atoms with Gasteiger partial charge in [-0.25, -0.2) is 13.2 Å². The summed E-state index contributed by atoms with van der Waals surface area (Å²) in [6, 6.07) is -0.843. The van der Waals surface area contributed by atoms with Crippen LogP contribution in [-0.4, -0.2) is 22.2 Å². The minimum absolute atomic E-state index is 0.521. The predicted molar refractivity (Wildman–Crippen MR) is 46.9 cm³/mol. The maximum absolute atomic E-state index is 13.1. The van der Waals surface area contributed by atoms with Crippen molar-refractivity contribution in [3.8, 4) is 0 Å². The monoisotopic (exact) mass is 235 g/mol. The van der Waals surface area contributed by atoms with Crippen LogP contribution in [0.2, 0.25) is 0 Å². The van der Waals surface area contributed by atoms with E-state index in [1.807, 2.05) is 0 Å². The van der Waals surface area contributed by atoms with Crippen LogP contribution in [0.15, 0.2) is 12.1 Å². The summed E-state index contributed by atoms with van der Waals surface area (Å²) in [7, 11) is 0. The van der Waals surface area contributed by atoms with Gasteiger partial charge in [-0.1, -0.05) is 0 Å². The third-order valence-corrected chi connectivity index (χ3v) is 2.00. The van der Waals surface area contributed by atoms with Crippen molar-refractivity contribution in [3.63, 3.8) is 0 Å². The lowest BCUT2D eigenvalue weighted by Crippen LogP contribution is -2.37. The van der Waals surface area contributed by atoms with Gasteiger partial charge in [0.05, 0.1) is 5.56 Å². The third kappa shape index (κ3) is 2.15. The zero-order chi connectivity index (χ0) is 12.5. The summed E-state index contributed by atoms with van der Waals surface area (Å²) in [6.07, 6.45) is -2.16. The maximum Gasteiger partial charge on any atom is 0.323 e. The quantitative estimate of drug-likeness (QED) is 0.668. The molecule has 0 aliphatic carbocycles. The van der Waals surface area contributed by atoms with Crippen LogP contribution in [0.25, 0.3) is 0 Å². The molecule has 0 saturated carbocycles. The van der Waals surface area contributed by atoms with Crippen molar-refractivity contribution in [2.45, 2.75) is 12.1 Å². The molecule has 88 valence electrons. The fourth-order valence-corrected chi connectivity index (χ4v) is 1.13. The van der Waals surface area contributed by atoms with Crippen LogP contribution in [0.4, 0.5) is 13.2 Å². The largest absolute Gasteiger partial charge is 0.480 e. The lowest BCUT2D eigenvalue weighted by Gasteiger charge is -2.16. The van der Waals surface area contributed by atoms with Gasteiger partial charge in [0, 0.05) is 0 Å². The molecule has 2 atom stereocenters. The zero-order valence-electron chi connectivity index (χ0n) is 7.82. The Labute approximate surface area is 88.1 Å². The Bertz CT molecular complexity index is 425. The van der Waals surface area contributed by atoms with Crippen molar-refractivity contribution >= 4 is 5.97 Å². The summed E-state index contributed by atoms with van der Waals surface area (Å²) in [5, 5.41) is 17.7. The van der Waals surface area contributed by atoms with Gasteiger partial charge in [-0.15, -0.1) is 0 Å². The highest BCUT2D eigenvalue weighted by molar-refractivity contribution is 5.74. The molecule has 0 aromatic heterocycles. The minimum atomic E-state index is -2.16. The van der Waals surface area contributed by atoms with Crippen molar-refractivity contribution < 1.29 is 28.2 Å². The Hall–Kier alpha value is -1.60. The van der Waals surface area contributed by atoms with E-state index in [-0.39, 0.29) is 0 Å². The average Bonchev–Trinajstić information content (AvgIpc) is 2.22. The number of aliphatic carboxylic acids is 1. The number of carboxylic acid groups (broad SMARTS) is 1. The second kappa shape index (κ2) is 4.50. The Kier molecular flexibility index (Phi) is 3.51. The second-order valence-electron chi connectivity index (χ2n) is 3.07. The first-order valence-corrected chi connectivity index (χ1v) is 4.16. The Balaban J connectivity index is 3.22. The molecule has 1 aromatic carbocycles. The molecule has 0 amide bonds. The number of carbonyl (C=O) groups is 1. The van der Waals surface area contributed by atoms with E-state index in [2.05, 4.69) is 0 Å². The predicted octanol–water partition coefficient (Wildman–Crippen LogP) is 0.549. The highest BCUT2D eigenvalue weighted by atomic mass is 19.2. The lowest BCUT2D eigenvalue weighted by atomic mass is 10.0. The molecule has 0 heterocycles. The molecular formula is C9H8F3NO3. The van der Waals surface area contributed by atoms with E-state index < -0.39 is 41.1 Å². The molecule has 0 spiro atoms. The molecule has 0 aliphatic rings. The van der Waals surface area contributed by atoms with E-state index >= 15 is 0 Å². The molecule has 0 fully saturated rings. The summed E-state index contributed by atoms with van der Waals surface area (Å²) < 4.78 is 38.9. The first-order chi connectivity index (χ1) is 7.36. The van der Waals surface area contributed by atoms with E-state index in [0.717, 1.165) is 0 Å². The van der Waals surface area contributed by atoms with Crippen molar-refractivity contribution in [2.24, 2.45) is 5.73 Å². The Morgan fingerprint density at radius 2 is 1.75 bits per heavy atom. The molecule has 0 saturated heterocycles. The lowest BCUT2D eigenvalue weighted by molar-refractivity contribution is -0.141. The zero-order valence-corrected chi connectivity index (χ0v) is 7.82. The van der Waals surface area contributed by atoms with Gasteiger partial charge in [0.1, 0.15) is 18.0 Å². The average molecular weight is 235 g/mol. The topological polar surface area (TPSA) is 83.6 Å². The fourth-order valence-electron chi connectivity index (χ4n) is 1.13. The number of nitrogens with two attached hydrogens (primary N) is 1. The minimum Gasteiger partial charge on any atom is -0.480 e. The van der Waals surface area contributed by atoms with Gasteiger partial charge < -0.3 is 15.9 Å². The SMILES string of the molecule is NC(C(=O)O)C(O)c1c(F)ccc(F)c1F. The van der Waals surface area contributed by atoms with Gasteiger partial charge in [0.25, 0.3) is 0 Å². The van der Waals surface area contributed by atoms with E-state index in [1.165, 1.54) is 0 Å². The van der Waals surface area contributed by atoms with Gasteiger partial charge in [0.15, 0.2) is 11.6 Å². The molecule has 16 heavy (non-hydrogen) atoms. The fraction of sp³-hybridized carbons (Fsp3) is 0.222. The maximum atomic E-state index is 13.1. The molecule has 0 bridgehead atoms. The van der Waals surface area contributed by atoms with Gasteiger partial charge in [0.2, 0.25) is 0 Å². The number of benzene rings is 1. The van der Waals surface area contributed by atoms with Gasteiger partial charge >= 0.3 is 5.97 Å². The van der Waals surface area contributed by atoms with Crippen LogP contribution < -0.4 is 5.73 Å². The molecule has 1 aromatic rings. The van der Waals surface area contributed by atoms with Crippen LogP contribution >= 0.6 is 0 Å². The van der Waals surface area contributed by atoms with Crippen molar-refractivity contribution in [3.05, 3.63) is 35.1 Å². The summed E-state index contributed by atoms with van der Waals surface area (Å²) >= 11 is 0. The van der Waals surface area contributed by atoms with E-state index in [0.29, 0.717) is 12.1 Å². The molecule has 7 heteroatoms. The highest BCUT2D eigenvalue weighted by Gasteiger charge is 2.30. The normalized spacial score (nSPS) is 14.6. The number of hydrogen-bond donors (Lipinski definition) is 3. The molecule has 4 nitrogen and oxygen atoms in total. The molecular weight excluding hydrogens is 227 g/mol. The summed E-state index contributed by atoms with van der Waals surface area (Å²) in [6.45, 7) is 0. The van der Waals surface area contributed by atoms with Crippen LogP contribution in [0, 0.1) is 17.5 Å². The third-order valence-electron chi connectivity index (χ3n) is 2.00. The second-order valence-corrected chi connectivity index (χ2v) is 3.07. The Morgan fingerprint density at radius 3 is 2.25 bits per heavy atom. The number of hydrogen-bond acceptors (Lipinski definition) is 3. The summed E-state index contributed by atoms with van der Waals surface area (Å²) in [5.41, 5.74) is 3.89. The van der Waals surface area contributed by atoms with E-state index in [9.17, 15) is 23.1 Å². The Morgan fingerprint density at radius 1 is 1.25 bits per heavy atom. The van der Waals surface area contributed by atoms with Crippen LogP contribution in [0.1, 0.15) is 11.7 Å². The number of halogens is 3. The van der Waals surface area contributed by atoms with Crippen LogP contribution in [0.3, 0.4) is 0 Å². The molecule has 0 radical (unpaired) electrons. The summed E-state index contributed by atoms with van der Waals surface area (Å²) in [4.78, 5) is 10.4. The molecule has 4 N–H and O–H groups in total. The molecule has 0 aliphatic heterocycles. The standard InChI is InChI=1S/C9H8F3NO3/c10-3-1-2-4(11)6(12)5(3)8(14)7(13)9(15)16/h1-2,7-8,14H,13H2,(H,15,16). The van der Waals surface area contributed by atoms with E-state index in [4.69, 9.17) is 10.8 Å². The number of carboxylic acids is 1. The first-order valence-electron chi connectivity index (χ1n) is 4.16. The highest BCUT2D eigenvalue weighted by Crippen LogP contribution is 2.24. The van der Waals surface area contributed by atoms with Crippen LogP contribution in [0.5, 0.6) is 0 Å². The first kappa shape index (κ1) is 12.5. The van der Waals surface area contributed by atoms with Crippen molar-refractivity contribution in [1.82, 2.24) is 0 Å². The van der Waals surface area contributed by atoms with Crippen molar-refractivity contribution in [2.75, 3.05) is 0 Å².